The van der Waals surface area contributed by atoms with Crippen molar-refractivity contribution in [2.24, 2.45) is 11.3 Å². The van der Waals surface area contributed by atoms with Gasteiger partial charge in [0.05, 0.1) is 45.4 Å². The number of methoxy groups -OCH3 is 1. The molecule has 4 aromatic carbocycles. The van der Waals surface area contributed by atoms with E-state index in [0.717, 1.165) is 88.1 Å². The molecule has 4 heterocycles. The maximum absolute atomic E-state index is 14.7. The van der Waals surface area contributed by atoms with Crippen LogP contribution in [0.2, 0.25) is 0 Å². The lowest BCUT2D eigenvalue weighted by molar-refractivity contribution is -0.384. The average molecular weight is 1040 g/mol. The largest absolute Gasteiger partial charge is 0.495 e. The number of rotatable bonds is 17. The normalized spacial score (nSPS) is 21.1. The molecule has 2 aliphatic heterocycles. The number of nitrogens with zero attached hydrogens (tertiary/aromatic N) is 5. The number of aromatic nitrogens is 2. The number of ether oxygens (including phenoxy) is 2. The third-order valence-electron chi connectivity index (χ3n) is 16.0. The Kier molecular flexibility index (Phi) is 14.3. The number of pyridine rings is 1. The van der Waals surface area contributed by atoms with Crippen molar-refractivity contribution >= 4 is 49.7 Å². The van der Waals surface area contributed by atoms with E-state index in [0.29, 0.717) is 37.0 Å². The molecule has 19 heteroatoms. The number of aliphatic hydroxyl groups is 1. The Balaban J connectivity index is 0.848. The topological polar surface area (TPSA) is 208 Å². The molecular formula is C56H66FN9O8S. The third kappa shape index (κ3) is 10.9. The molecule has 75 heavy (non-hydrogen) atoms. The highest BCUT2D eigenvalue weighted by Crippen LogP contribution is 2.54. The molecule has 5 N–H and O–H groups in total. The first-order valence-electron chi connectivity index (χ1n) is 25.8. The van der Waals surface area contributed by atoms with E-state index in [2.05, 4.69) is 96.3 Å². The van der Waals surface area contributed by atoms with E-state index in [1.54, 1.807) is 26.2 Å². The number of carbonyl (C=O) groups excluding carboxylic acids is 1. The van der Waals surface area contributed by atoms with Crippen LogP contribution in [-0.4, -0.2) is 109 Å². The number of fused-ring (bicyclic) bond motifs is 1. The summed E-state index contributed by atoms with van der Waals surface area (Å²) in [6.07, 6.45) is 7.34. The first kappa shape index (κ1) is 51.7. The molecule has 17 nitrogen and oxygen atoms in total. The molecular weight excluding hydrogens is 978 g/mol. The highest BCUT2D eigenvalue weighted by molar-refractivity contribution is 7.90. The second kappa shape index (κ2) is 20.7. The summed E-state index contributed by atoms with van der Waals surface area (Å²) in [7, 11) is -1.05. The van der Waals surface area contributed by atoms with Crippen molar-refractivity contribution in [2.45, 2.75) is 94.3 Å². The standard InChI is InChI=1S/C56H66FN9O8S/c1-35(2)42-8-6-7-9-43(42)50-32-63(31-37-10-14-48(58-4)52(22-37)73-5)20-21-65(50)39-26-56(27-39)33-64(34-56)38-11-13-44(51(23-38)74-40-24-45-46(57)30-61-53(45)60-29-40)54(67)62-75(71,72)41-12-15-47(49(25-41)66(69)70)59-28-36-16-18-55(3,68)19-17-36/h6-15,22-25,29-30,35-36,39,50,58-59,68H,16-21,26-28,31-34H2,1-5H3,(H,60,61)(H,62,67). The van der Waals surface area contributed by atoms with E-state index < -0.39 is 42.9 Å². The molecule has 6 aromatic rings. The summed E-state index contributed by atoms with van der Waals surface area (Å²) >= 11 is 0. The zero-order valence-corrected chi connectivity index (χ0v) is 43.9. The second-order valence-electron chi connectivity index (χ2n) is 21.7. The molecule has 0 bridgehead atoms. The molecule has 2 aliphatic carbocycles. The van der Waals surface area contributed by atoms with Gasteiger partial charge in [-0.15, -0.1) is 0 Å². The minimum absolute atomic E-state index is 0.0143. The number of H-pyrrole nitrogens is 1. The summed E-state index contributed by atoms with van der Waals surface area (Å²) in [6.45, 7) is 11.9. The molecule has 396 valence electrons. The smallest absolute Gasteiger partial charge is 0.293 e. The SMILES string of the molecule is CNc1ccc(CN2CCN(C3CC4(C3)CN(c3ccc(C(=O)NS(=O)(=O)c5ccc(NCC6CCC(C)(O)CC6)c([N+](=O)[O-])c5)c(Oc5cnc6[nH]cc(F)c6c5)c3)C4)C(c3ccccc3C(C)C)C2)cc1OC. The maximum Gasteiger partial charge on any atom is 0.293 e. The van der Waals surface area contributed by atoms with E-state index in [9.17, 15) is 32.8 Å². The number of hydrogen-bond donors (Lipinski definition) is 5. The maximum atomic E-state index is 14.7. The summed E-state index contributed by atoms with van der Waals surface area (Å²) < 4.78 is 56.5. The molecule has 1 spiro atoms. The van der Waals surface area contributed by atoms with Crippen LogP contribution in [-0.2, 0) is 16.6 Å². The van der Waals surface area contributed by atoms with Crippen LogP contribution < -0.4 is 29.7 Å². The Morgan fingerprint density at radius 2 is 1.76 bits per heavy atom. The van der Waals surface area contributed by atoms with Crippen molar-refractivity contribution in [3.63, 3.8) is 0 Å². The number of sulfonamides is 1. The monoisotopic (exact) mass is 1040 g/mol. The molecule has 1 atom stereocenters. The molecule has 2 saturated carbocycles. The average Bonchev–Trinajstić information content (AvgIpc) is 3.75. The molecule has 1 unspecified atom stereocenters. The van der Waals surface area contributed by atoms with Gasteiger partial charge in [-0.1, -0.05) is 44.2 Å². The Morgan fingerprint density at radius 1 is 1.00 bits per heavy atom. The second-order valence-corrected chi connectivity index (χ2v) is 23.3. The zero-order valence-electron chi connectivity index (χ0n) is 43.1. The molecule has 0 radical (unpaired) electrons. The summed E-state index contributed by atoms with van der Waals surface area (Å²) in [6, 6.07) is 25.7. The summed E-state index contributed by atoms with van der Waals surface area (Å²) in [5, 5.41) is 29.1. The third-order valence-corrected chi connectivity index (χ3v) is 17.3. The number of piperazine rings is 1. The van der Waals surface area contributed by atoms with Gasteiger partial charge < -0.3 is 35.1 Å². The molecule has 1 amide bonds. The summed E-state index contributed by atoms with van der Waals surface area (Å²) in [4.78, 5) is 39.7. The van der Waals surface area contributed by atoms with Gasteiger partial charge >= 0.3 is 0 Å². The van der Waals surface area contributed by atoms with E-state index in [-0.39, 0.29) is 45.5 Å². The van der Waals surface area contributed by atoms with E-state index in [4.69, 9.17) is 9.47 Å². The van der Waals surface area contributed by atoms with E-state index in [1.165, 1.54) is 53.3 Å². The van der Waals surface area contributed by atoms with Gasteiger partial charge in [0, 0.05) is 94.4 Å². The molecule has 4 aliphatic rings. The van der Waals surface area contributed by atoms with Gasteiger partial charge in [0.15, 0.2) is 0 Å². The number of aromatic amines is 1. The number of anilines is 3. The predicted octanol–water partition coefficient (Wildman–Crippen LogP) is 9.58. The fourth-order valence-corrected chi connectivity index (χ4v) is 12.8. The quantitative estimate of drug-likeness (QED) is 0.0426. The Labute approximate surface area is 437 Å². The van der Waals surface area contributed by atoms with Crippen LogP contribution in [0.4, 0.5) is 27.1 Å². The van der Waals surface area contributed by atoms with Crippen molar-refractivity contribution in [3.05, 3.63) is 136 Å². The Bertz CT molecular complexity index is 3220. The van der Waals surface area contributed by atoms with Gasteiger partial charge in [-0.2, -0.15) is 0 Å². The van der Waals surface area contributed by atoms with Gasteiger partial charge in [-0.25, -0.2) is 22.5 Å². The number of halogens is 1. The lowest BCUT2D eigenvalue weighted by Gasteiger charge is -2.63. The van der Waals surface area contributed by atoms with Crippen LogP contribution >= 0.6 is 0 Å². The number of hydrogen-bond acceptors (Lipinski definition) is 14. The van der Waals surface area contributed by atoms with Gasteiger partial charge in [-0.3, -0.25) is 24.7 Å². The predicted molar refractivity (Wildman–Crippen MR) is 287 cm³/mol. The van der Waals surface area contributed by atoms with Crippen molar-refractivity contribution in [1.82, 2.24) is 24.5 Å². The van der Waals surface area contributed by atoms with Crippen LogP contribution in [0.5, 0.6) is 17.2 Å². The number of amides is 1. The Morgan fingerprint density at radius 3 is 2.49 bits per heavy atom. The zero-order chi connectivity index (χ0) is 52.8. The highest BCUT2D eigenvalue weighted by atomic mass is 32.2. The highest BCUT2D eigenvalue weighted by Gasteiger charge is 2.55. The van der Waals surface area contributed by atoms with Crippen molar-refractivity contribution in [1.29, 1.82) is 0 Å². The number of benzene rings is 4. The number of nitro groups is 1. The minimum atomic E-state index is -4.65. The Hall–Kier alpha value is -6.80. The lowest BCUT2D eigenvalue weighted by atomic mass is 9.59. The number of carbonyl (C=O) groups is 1. The molecule has 2 aromatic heterocycles. The fraction of sp³-hybridized carbons (Fsp3) is 0.429. The van der Waals surface area contributed by atoms with Gasteiger partial charge in [-0.05, 0) is 116 Å². The van der Waals surface area contributed by atoms with Crippen molar-refractivity contribution < 1.29 is 37.1 Å². The van der Waals surface area contributed by atoms with Crippen LogP contribution in [0.15, 0.2) is 102 Å². The molecule has 2 saturated heterocycles. The number of nitro benzene ring substituents is 1. The van der Waals surface area contributed by atoms with E-state index >= 15 is 0 Å². The minimum Gasteiger partial charge on any atom is -0.495 e. The molecule has 10 rings (SSSR count). The van der Waals surface area contributed by atoms with E-state index in [1.807, 2.05) is 7.05 Å². The van der Waals surface area contributed by atoms with Gasteiger partial charge in [0.2, 0.25) is 0 Å². The summed E-state index contributed by atoms with van der Waals surface area (Å²) in [5.41, 5.74) is 4.88. The van der Waals surface area contributed by atoms with Gasteiger partial charge in [0.1, 0.15) is 34.4 Å². The van der Waals surface area contributed by atoms with Crippen molar-refractivity contribution in [2.75, 3.05) is 69.0 Å². The number of nitrogens with one attached hydrogen (secondary N) is 4. The first-order chi connectivity index (χ1) is 35.9. The van der Waals surface area contributed by atoms with Crippen LogP contribution in [0.25, 0.3) is 11.0 Å². The summed E-state index contributed by atoms with van der Waals surface area (Å²) in [5.74, 6) is -0.0600. The van der Waals surface area contributed by atoms with Crippen LogP contribution in [0.1, 0.15) is 98.3 Å². The lowest BCUT2D eigenvalue weighted by Crippen LogP contribution is -2.68. The van der Waals surface area contributed by atoms with Gasteiger partial charge in [0.25, 0.3) is 21.6 Å². The van der Waals surface area contributed by atoms with Crippen LogP contribution in [0.3, 0.4) is 0 Å². The molecule has 4 fully saturated rings. The first-order valence-corrected chi connectivity index (χ1v) is 27.3. The van der Waals surface area contributed by atoms with Crippen molar-refractivity contribution in [3.8, 4) is 17.2 Å². The van der Waals surface area contributed by atoms with Crippen LogP contribution in [0, 0.1) is 27.3 Å². The fourth-order valence-electron chi connectivity index (χ4n) is 11.8.